The van der Waals surface area contributed by atoms with Crippen LogP contribution in [0.3, 0.4) is 0 Å². The molecule has 0 aliphatic carbocycles. The van der Waals surface area contributed by atoms with Crippen LogP contribution in [0.15, 0.2) is 24.3 Å². The van der Waals surface area contributed by atoms with E-state index in [1.165, 1.54) is 24.3 Å². The van der Waals surface area contributed by atoms with Gasteiger partial charge in [0.1, 0.15) is 5.82 Å². The molecule has 1 aromatic rings. The van der Waals surface area contributed by atoms with E-state index in [-0.39, 0.29) is 30.6 Å². The summed E-state index contributed by atoms with van der Waals surface area (Å²) in [6, 6.07) is 5.49. The number of likely N-dealkylation sites (tertiary alicyclic amines) is 1. The molecule has 2 rings (SSSR count). The summed E-state index contributed by atoms with van der Waals surface area (Å²) in [6.45, 7) is 1.19. The Kier molecular flexibility index (Phi) is 5.27. The average Bonchev–Trinajstić information content (AvgIpc) is 2.88. The van der Waals surface area contributed by atoms with Crippen LogP contribution in [0, 0.1) is 5.82 Å². The number of rotatable bonds is 6. The minimum absolute atomic E-state index is 0.0679. The molecule has 0 aromatic heterocycles. The molecule has 2 amide bonds. The fourth-order valence-electron chi connectivity index (χ4n) is 2.28. The lowest BCUT2D eigenvalue weighted by molar-refractivity contribution is -0.128. The summed E-state index contributed by atoms with van der Waals surface area (Å²) in [7, 11) is 0. The molecule has 1 atom stereocenters. The highest BCUT2D eigenvalue weighted by Crippen LogP contribution is 2.13. The Morgan fingerprint density at radius 1 is 1.38 bits per heavy atom. The van der Waals surface area contributed by atoms with Crippen molar-refractivity contribution in [3.63, 3.8) is 0 Å². The van der Waals surface area contributed by atoms with Crippen LogP contribution in [0.2, 0.25) is 0 Å². The van der Waals surface area contributed by atoms with Crippen LogP contribution in [0.5, 0.6) is 0 Å². The molecule has 1 aromatic carbocycles. The van der Waals surface area contributed by atoms with E-state index in [2.05, 4.69) is 5.32 Å². The molecule has 1 heterocycles. The van der Waals surface area contributed by atoms with E-state index >= 15 is 0 Å². The topological polar surface area (TPSA) is 69.6 Å². The fourth-order valence-corrected chi connectivity index (χ4v) is 2.28. The third-order valence-corrected chi connectivity index (χ3v) is 3.53. The van der Waals surface area contributed by atoms with E-state index in [0.29, 0.717) is 25.1 Å². The van der Waals surface area contributed by atoms with Gasteiger partial charge in [-0.25, -0.2) is 4.39 Å². The first-order valence-corrected chi connectivity index (χ1v) is 7.04. The van der Waals surface area contributed by atoms with E-state index in [0.717, 1.165) is 6.42 Å². The van der Waals surface area contributed by atoms with Gasteiger partial charge in [-0.2, -0.15) is 0 Å². The highest BCUT2D eigenvalue weighted by atomic mass is 19.1. The Labute approximate surface area is 122 Å². The summed E-state index contributed by atoms with van der Waals surface area (Å²) in [6.07, 6.45) is 0.763. The standard InChI is InChI=1S/C15H19FN2O3/c16-12-5-3-11(4-6-12)13(19)10-17-14(20)7-9-18-8-1-2-15(18)21/h3-6,13,19H,1-2,7-10H2,(H,17,20). The van der Waals surface area contributed by atoms with Crippen molar-refractivity contribution in [2.24, 2.45) is 0 Å². The lowest BCUT2D eigenvalue weighted by Crippen LogP contribution is -2.33. The Bertz CT molecular complexity index is 504. The highest BCUT2D eigenvalue weighted by Gasteiger charge is 2.20. The third kappa shape index (κ3) is 4.53. The first-order chi connectivity index (χ1) is 10.1. The second-order valence-corrected chi connectivity index (χ2v) is 5.11. The normalized spacial score (nSPS) is 16.1. The Balaban J connectivity index is 1.70. The van der Waals surface area contributed by atoms with Gasteiger partial charge in [0.25, 0.3) is 0 Å². The zero-order chi connectivity index (χ0) is 15.2. The van der Waals surface area contributed by atoms with Gasteiger partial charge in [0.05, 0.1) is 6.10 Å². The van der Waals surface area contributed by atoms with Crippen molar-refractivity contribution in [3.05, 3.63) is 35.6 Å². The van der Waals surface area contributed by atoms with Gasteiger partial charge in [-0.1, -0.05) is 12.1 Å². The van der Waals surface area contributed by atoms with Crippen LogP contribution in [0.25, 0.3) is 0 Å². The molecular weight excluding hydrogens is 275 g/mol. The van der Waals surface area contributed by atoms with Crippen LogP contribution < -0.4 is 5.32 Å². The number of nitrogens with zero attached hydrogens (tertiary/aromatic N) is 1. The minimum atomic E-state index is -0.872. The van der Waals surface area contributed by atoms with Gasteiger partial charge in [0.15, 0.2) is 0 Å². The van der Waals surface area contributed by atoms with Crippen molar-refractivity contribution in [2.75, 3.05) is 19.6 Å². The van der Waals surface area contributed by atoms with E-state index < -0.39 is 6.10 Å². The number of hydrogen-bond donors (Lipinski definition) is 2. The number of aliphatic hydroxyl groups is 1. The largest absolute Gasteiger partial charge is 0.387 e. The second-order valence-electron chi connectivity index (χ2n) is 5.11. The molecule has 1 aliphatic rings. The molecule has 1 aliphatic heterocycles. The maximum Gasteiger partial charge on any atom is 0.222 e. The predicted molar refractivity (Wildman–Crippen MR) is 74.8 cm³/mol. The van der Waals surface area contributed by atoms with Crippen LogP contribution in [0.1, 0.15) is 30.9 Å². The number of aliphatic hydroxyl groups excluding tert-OH is 1. The maximum atomic E-state index is 12.8. The third-order valence-electron chi connectivity index (χ3n) is 3.53. The number of benzene rings is 1. The van der Waals surface area contributed by atoms with Crippen LogP contribution in [0.4, 0.5) is 4.39 Å². The van der Waals surface area contributed by atoms with E-state index in [1.54, 1.807) is 4.90 Å². The predicted octanol–water partition coefficient (Wildman–Crippen LogP) is 0.988. The lowest BCUT2D eigenvalue weighted by Gasteiger charge is -2.16. The van der Waals surface area contributed by atoms with Crippen molar-refractivity contribution in [2.45, 2.75) is 25.4 Å². The molecule has 21 heavy (non-hydrogen) atoms. The minimum Gasteiger partial charge on any atom is -0.387 e. The van der Waals surface area contributed by atoms with Gasteiger partial charge in [-0.3, -0.25) is 9.59 Å². The quantitative estimate of drug-likeness (QED) is 0.822. The summed E-state index contributed by atoms with van der Waals surface area (Å²) >= 11 is 0. The number of hydrogen-bond acceptors (Lipinski definition) is 3. The van der Waals surface area contributed by atoms with Crippen molar-refractivity contribution >= 4 is 11.8 Å². The van der Waals surface area contributed by atoms with Crippen molar-refractivity contribution < 1.29 is 19.1 Å². The Morgan fingerprint density at radius 2 is 2.10 bits per heavy atom. The van der Waals surface area contributed by atoms with Gasteiger partial charge in [-0.15, -0.1) is 0 Å². The molecule has 1 unspecified atom stereocenters. The monoisotopic (exact) mass is 294 g/mol. The van der Waals surface area contributed by atoms with Crippen molar-refractivity contribution in [1.82, 2.24) is 10.2 Å². The molecule has 0 bridgehead atoms. The Hall–Kier alpha value is -1.95. The number of nitrogens with one attached hydrogen (secondary N) is 1. The van der Waals surface area contributed by atoms with Gasteiger partial charge in [-0.05, 0) is 24.1 Å². The van der Waals surface area contributed by atoms with Crippen LogP contribution in [-0.4, -0.2) is 41.5 Å². The zero-order valence-electron chi connectivity index (χ0n) is 11.7. The van der Waals surface area contributed by atoms with Gasteiger partial charge in [0, 0.05) is 32.5 Å². The number of amides is 2. The molecule has 0 spiro atoms. The summed E-state index contributed by atoms with van der Waals surface area (Å²) in [5, 5.41) is 12.5. The van der Waals surface area contributed by atoms with Gasteiger partial charge >= 0.3 is 0 Å². The SMILES string of the molecule is O=C(CCN1CCCC1=O)NCC(O)c1ccc(F)cc1. The number of halogens is 1. The molecule has 1 fully saturated rings. The smallest absolute Gasteiger partial charge is 0.222 e. The molecule has 1 saturated heterocycles. The molecular formula is C15H19FN2O3. The zero-order valence-corrected chi connectivity index (χ0v) is 11.7. The van der Waals surface area contributed by atoms with E-state index in [1.807, 2.05) is 0 Å². The molecule has 0 saturated carbocycles. The summed E-state index contributed by atoms with van der Waals surface area (Å²) < 4.78 is 12.8. The van der Waals surface area contributed by atoms with Crippen LogP contribution in [-0.2, 0) is 9.59 Å². The second kappa shape index (κ2) is 7.17. The first kappa shape index (κ1) is 15.4. The van der Waals surface area contributed by atoms with Crippen molar-refractivity contribution in [1.29, 1.82) is 0 Å². The molecule has 5 nitrogen and oxygen atoms in total. The summed E-state index contributed by atoms with van der Waals surface area (Å²) in [4.78, 5) is 24.7. The van der Waals surface area contributed by atoms with E-state index in [9.17, 15) is 19.1 Å². The fraction of sp³-hybridized carbons (Fsp3) is 0.467. The Morgan fingerprint density at radius 3 is 2.71 bits per heavy atom. The summed E-state index contributed by atoms with van der Waals surface area (Å²) in [5.41, 5.74) is 0.548. The highest BCUT2D eigenvalue weighted by molar-refractivity contribution is 5.80. The molecule has 0 radical (unpaired) electrons. The maximum absolute atomic E-state index is 12.8. The van der Waals surface area contributed by atoms with Gasteiger partial charge < -0.3 is 15.3 Å². The lowest BCUT2D eigenvalue weighted by atomic mass is 10.1. The van der Waals surface area contributed by atoms with Crippen molar-refractivity contribution in [3.8, 4) is 0 Å². The first-order valence-electron chi connectivity index (χ1n) is 7.04. The average molecular weight is 294 g/mol. The molecule has 6 heteroatoms. The molecule has 114 valence electrons. The molecule has 2 N–H and O–H groups in total. The van der Waals surface area contributed by atoms with E-state index in [4.69, 9.17) is 0 Å². The number of carbonyl (C=O) groups is 2. The van der Waals surface area contributed by atoms with Gasteiger partial charge in [0.2, 0.25) is 11.8 Å². The summed E-state index contributed by atoms with van der Waals surface area (Å²) in [5.74, 6) is -0.490. The number of carbonyl (C=O) groups excluding carboxylic acids is 2. The van der Waals surface area contributed by atoms with Crippen LogP contribution >= 0.6 is 0 Å².